The molecule has 0 aliphatic heterocycles. The van der Waals surface area contributed by atoms with Gasteiger partial charge in [0.1, 0.15) is 6.29 Å². The van der Waals surface area contributed by atoms with Crippen molar-refractivity contribution in [1.29, 1.82) is 0 Å². The van der Waals surface area contributed by atoms with Crippen LogP contribution in [0.4, 0.5) is 0 Å². The molecule has 0 saturated carbocycles. The molecule has 0 atom stereocenters. The fraction of sp³-hybridized carbons (Fsp3) is 0.200. The number of hydrogen-bond acceptors (Lipinski definition) is 2. The fourth-order valence-corrected chi connectivity index (χ4v) is 1.54. The van der Waals surface area contributed by atoms with Crippen LogP contribution < -0.4 is 0 Å². The first kappa shape index (κ1) is 7.98. The monoisotopic (exact) mass is 174 g/mol. The summed E-state index contributed by atoms with van der Waals surface area (Å²) in [5.41, 5.74) is 2.20. The Morgan fingerprint density at radius 2 is 2.38 bits per heavy atom. The number of aromatic nitrogens is 2. The van der Waals surface area contributed by atoms with Gasteiger partial charge < -0.3 is 4.79 Å². The van der Waals surface area contributed by atoms with Crippen molar-refractivity contribution in [3.05, 3.63) is 30.0 Å². The Bertz CT molecular complexity index is 445. The van der Waals surface area contributed by atoms with Crippen LogP contribution in [0.3, 0.4) is 0 Å². The summed E-state index contributed by atoms with van der Waals surface area (Å²) in [6.07, 6.45) is 2.64. The van der Waals surface area contributed by atoms with E-state index in [1.165, 1.54) is 0 Å². The number of hydrogen-bond donors (Lipinski definition) is 0. The Morgan fingerprint density at radius 1 is 1.54 bits per heavy atom. The predicted octanol–water partition coefficient (Wildman–Crippen LogP) is 1.54. The molecule has 0 N–H and O–H groups in total. The largest absolute Gasteiger partial charge is 0.301 e. The SMILES string of the molecule is Cc1cccc2cnn(CC=O)c12. The molecule has 0 aliphatic carbocycles. The van der Waals surface area contributed by atoms with Crippen molar-refractivity contribution in [2.75, 3.05) is 0 Å². The minimum absolute atomic E-state index is 0.328. The first-order chi connectivity index (χ1) is 6.33. The van der Waals surface area contributed by atoms with Gasteiger partial charge in [-0.25, -0.2) is 0 Å². The first-order valence-corrected chi connectivity index (χ1v) is 4.17. The van der Waals surface area contributed by atoms with Gasteiger partial charge >= 0.3 is 0 Å². The number of carbonyl (C=O) groups is 1. The molecule has 66 valence electrons. The number of carbonyl (C=O) groups excluding carboxylic acids is 1. The van der Waals surface area contributed by atoms with Gasteiger partial charge in [0.2, 0.25) is 0 Å². The van der Waals surface area contributed by atoms with Crippen LogP contribution in [-0.2, 0) is 11.3 Å². The number of benzene rings is 1. The Balaban J connectivity index is 2.70. The van der Waals surface area contributed by atoms with E-state index < -0.39 is 0 Å². The third-order valence-corrected chi connectivity index (χ3v) is 2.11. The van der Waals surface area contributed by atoms with Crippen LogP contribution in [0.2, 0.25) is 0 Å². The van der Waals surface area contributed by atoms with Gasteiger partial charge in [0.05, 0.1) is 18.3 Å². The lowest BCUT2D eigenvalue weighted by Gasteiger charge is -2.00. The highest BCUT2D eigenvalue weighted by atomic mass is 16.1. The Hall–Kier alpha value is -1.64. The first-order valence-electron chi connectivity index (χ1n) is 4.17. The molecule has 1 aromatic heterocycles. The quantitative estimate of drug-likeness (QED) is 0.647. The van der Waals surface area contributed by atoms with Crippen LogP contribution in [0.1, 0.15) is 5.56 Å². The molecular weight excluding hydrogens is 164 g/mol. The van der Waals surface area contributed by atoms with Gasteiger partial charge in [-0.2, -0.15) is 5.10 Å². The topological polar surface area (TPSA) is 34.9 Å². The molecule has 1 heterocycles. The summed E-state index contributed by atoms with van der Waals surface area (Å²) < 4.78 is 1.72. The molecule has 1 aromatic carbocycles. The highest BCUT2D eigenvalue weighted by molar-refractivity contribution is 5.82. The number of aldehydes is 1. The molecule has 0 radical (unpaired) electrons. The number of para-hydroxylation sites is 1. The van der Waals surface area contributed by atoms with Gasteiger partial charge in [0.25, 0.3) is 0 Å². The molecule has 0 amide bonds. The number of rotatable bonds is 2. The zero-order valence-electron chi connectivity index (χ0n) is 7.40. The van der Waals surface area contributed by atoms with Gasteiger partial charge in [0, 0.05) is 5.39 Å². The summed E-state index contributed by atoms with van der Waals surface area (Å²) in [4.78, 5) is 10.4. The summed E-state index contributed by atoms with van der Waals surface area (Å²) in [6.45, 7) is 2.35. The van der Waals surface area contributed by atoms with Crippen LogP contribution >= 0.6 is 0 Å². The molecule has 0 fully saturated rings. The maximum atomic E-state index is 10.4. The van der Waals surface area contributed by atoms with E-state index in [1.807, 2.05) is 25.1 Å². The third-order valence-electron chi connectivity index (χ3n) is 2.11. The third kappa shape index (κ3) is 1.22. The second-order valence-corrected chi connectivity index (χ2v) is 3.01. The maximum absolute atomic E-state index is 10.4. The minimum atomic E-state index is 0.328. The second-order valence-electron chi connectivity index (χ2n) is 3.01. The molecule has 3 nitrogen and oxygen atoms in total. The highest BCUT2D eigenvalue weighted by Gasteiger charge is 2.03. The number of fused-ring (bicyclic) bond motifs is 1. The van der Waals surface area contributed by atoms with Crippen molar-refractivity contribution in [2.24, 2.45) is 0 Å². The van der Waals surface area contributed by atoms with E-state index in [1.54, 1.807) is 10.9 Å². The van der Waals surface area contributed by atoms with Gasteiger partial charge in [-0.1, -0.05) is 18.2 Å². The smallest absolute Gasteiger partial charge is 0.141 e. The van der Waals surface area contributed by atoms with E-state index >= 15 is 0 Å². The Kier molecular flexibility index (Phi) is 1.85. The van der Waals surface area contributed by atoms with Gasteiger partial charge in [-0.3, -0.25) is 4.68 Å². The molecule has 0 saturated heterocycles. The van der Waals surface area contributed by atoms with Gasteiger partial charge in [-0.05, 0) is 12.5 Å². The zero-order valence-corrected chi connectivity index (χ0v) is 7.40. The maximum Gasteiger partial charge on any atom is 0.141 e. The van der Waals surface area contributed by atoms with Crippen molar-refractivity contribution in [1.82, 2.24) is 9.78 Å². The lowest BCUT2D eigenvalue weighted by molar-refractivity contribution is -0.108. The zero-order chi connectivity index (χ0) is 9.26. The molecule has 3 heteroatoms. The number of aryl methyl sites for hydroxylation is 1. The summed E-state index contributed by atoms with van der Waals surface area (Å²) in [5.74, 6) is 0. The lowest BCUT2D eigenvalue weighted by atomic mass is 10.2. The second kappa shape index (κ2) is 3.01. The Morgan fingerprint density at radius 3 is 3.15 bits per heavy atom. The molecule has 0 bridgehead atoms. The molecule has 0 spiro atoms. The standard InChI is InChI=1S/C10H10N2O/c1-8-3-2-4-9-7-11-12(5-6-13)10(8)9/h2-4,6-7H,5H2,1H3. The van der Waals surface area contributed by atoms with Crippen LogP contribution in [0.5, 0.6) is 0 Å². The minimum Gasteiger partial charge on any atom is -0.301 e. The van der Waals surface area contributed by atoms with E-state index in [9.17, 15) is 4.79 Å². The number of nitrogens with zero attached hydrogens (tertiary/aromatic N) is 2. The van der Waals surface area contributed by atoms with Crippen molar-refractivity contribution in [3.63, 3.8) is 0 Å². The van der Waals surface area contributed by atoms with Crippen molar-refractivity contribution < 1.29 is 4.79 Å². The molecule has 0 unspecified atom stereocenters. The molecular formula is C10H10N2O. The van der Waals surface area contributed by atoms with E-state index in [-0.39, 0.29) is 0 Å². The summed E-state index contributed by atoms with van der Waals surface area (Å²) in [5, 5.41) is 5.22. The van der Waals surface area contributed by atoms with Crippen LogP contribution in [0.25, 0.3) is 10.9 Å². The summed E-state index contributed by atoms with van der Waals surface area (Å²) >= 11 is 0. The van der Waals surface area contributed by atoms with E-state index in [4.69, 9.17) is 0 Å². The van der Waals surface area contributed by atoms with Crippen molar-refractivity contribution in [2.45, 2.75) is 13.5 Å². The van der Waals surface area contributed by atoms with Crippen LogP contribution in [0, 0.1) is 6.92 Å². The average molecular weight is 174 g/mol. The van der Waals surface area contributed by atoms with Gasteiger partial charge in [0.15, 0.2) is 0 Å². The van der Waals surface area contributed by atoms with Crippen molar-refractivity contribution in [3.8, 4) is 0 Å². The van der Waals surface area contributed by atoms with Crippen LogP contribution in [0.15, 0.2) is 24.4 Å². The summed E-state index contributed by atoms with van der Waals surface area (Å²) in [6, 6.07) is 6.01. The van der Waals surface area contributed by atoms with E-state index in [0.717, 1.165) is 22.8 Å². The van der Waals surface area contributed by atoms with E-state index in [2.05, 4.69) is 5.10 Å². The lowest BCUT2D eigenvalue weighted by Crippen LogP contribution is -2.01. The van der Waals surface area contributed by atoms with Crippen molar-refractivity contribution >= 4 is 17.2 Å². The average Bonchev–Trinajstić information content (AvgIpc) is 2.51. The fourth-order valence-electron chi connectivity index (χ4n) is 1.54. The Labute approximate surface area is 76.0 Å². The van der Waals surface area contributed by atoms with E-state index in [0.29, 0.717) is 6.54 Å². The molecule has 13 heavy (non-hydrogen) atoms. The van der Waals surface area contributed by atoms with Gasteiger partial charge in [-0.15, -0.1) is 0 Å². The predicted molar refractivity (Wildman–Crippen MR) is 50.5 cm³/mol. The van der Waals surface area contributed by atoms with Crippen LogP contribution in [-0.4, -0.2) is 16.1 Å². The summed E-state index contributed by atoms with van der Waals surface area (Å²) in [7, 11) is 0. The normalized spacial score (nSPS) is 10.5. The molecule has 2 rings (SSSR count). The molecule has 0 aliphatic rings. The molecule has 2 aromatic rings. The highest BCUT2D eigenvalue weighted by Crippen LogP contribution is 2.16.